The van der Waals surface area contributed by atoms with Crippen molar-refractivity contribution in [2.24, 2.45) is 5.73 Å². The van der Waals surface area contributed by atoms with Crippen molar-refractivity contribution in [3.8, 4) is 0 Å². The van der Waals surface area contributed by atoms with Crippen molar-refractivity contribution < 1.29 is 4.42 Å². The molecule has 2 heterocycles. The average Bonchev–Trinajstić information content (AvgIpc) is 3.10. The van der Waals surface area contributed by atoms with Crippen LogP contribution in [0, 0.1) is 0 Å². The van der Waals surface area contributed by atoms with E-state index in [0.29, 0.717) is 11.9 Å². The minimum atomic E-state index is -0.372. The Labute approximate surface area is 161 Å². The molecular weight excluding hydrogens is 361 g/mol. The number of halogens is 2. The molecule has 0 spiro atoms. The number of rotatable bonds is 6. The number of anilines is 1. The van der Waals surface area contributed by atoms with E-state index in [0.717, 1.165) is 31.7 Å². The standard InChI is InChI=1S/C17H25N5O.2ClH/c1-2-3-9-21-10-12-22(13-11-21)17-20-19-16(23-17)15(18)14-7-5-4-6-8-14;;/h4-8,15H,2-3,9-13,18H2,1H3;2*1H/t15-;;/m1../s1. The number of unbranched alkanes of at least 4 members (excludes halogenated alkanes) is 1. The van der Waals surface area contributed by atoms with Crippen molar-refractivity contribution in [3.05, 3.63) is 41.8 Å². The van der Waals surface area contributed by atoms with Crippen LogP contribution in [-0.4, -0.2) is 47.8 Å². The van der Waals surface area contributed by atoms with Crippen LogP contribution in [0.25, 0.3) is 0 Å². The highest BCUT2D eigenvalue weighted by molar-refractivity contribution is 5.85. The van der Waals surface area contributed by atoms with Crippen LogP contribution in [-0.2, 0) is 0 Å². The Bertz CT molecular complexity index is 602. The van der Waals surface area contributed by atoms with E-state index in [2.05, 4.69) is 26.9 Å². The normalized spacial score (nSPS) is 16.0. The molecule has 1 aliphatic heterocycles. The number of nitrogens with zero attached hydrogens (tertiary/aromatic N) is 4. The van der Waals surface area contributed by atoms with Gasteiger partial charge in [-0.25, -0.2) is 0 Å². The van der Waals surface area contributed by atoms with E-state index in [4.69, 9.17) is 10.2 Å². The van der Waals surface area contributed by atoms with Crippen molar-refractivity contribution in [1.29, 1.82) is 0 Å². The van der Waals surface area contributed by atoms with Crippen LogP contribution in [0.3, 0.4) is 0 Å². The fraction of sp³-hybridized carbons (Fsp3) is 0.529. The summed E-state index contributed by atoms with van der Waals surface area (Å²) in [6, 6.07) is 10.0. The molecule has 2 N–H and O–H groups in total. The lowest BCUT2D eigenvalue weighted by Gasteiger charge is -2.33. The van der Waals surface area contributed by atoms with E-state index in [1.807, 2.05) is 30.3 Å². The molecule has 0 bridgehead atoms. The first-order valence-electron chi connectivity index (χ1n) is 8.39. The molecule has 0 unspecified atom stereocenters. The molecule has 6 nitrogen and oxygen atoms in total. The third kappa shape index (κ3) is 5.57. The lowest BCUT2D eigenvalue weighted by Crippen LogP contribution is -2.46. The summed E-state index contributed by atoms with van der Waals surface area (Å²) in [6.45, 7) is 7.34. The summed E-state index contributed by atoms with van der Waals surface area (Å²) in [5.41, 5.74) is 7.19. The molecule has 1 fully saturated rings. The number of nitrogens with two attached hydrogens (primary N) is 1. The van der Waals surface area contributed by atoms with Gasteiger partial charge in [0.05, 0.1) is 0 Å². The molecule has 0 aliphatic carbocycles. The Balaban J connectivity index is 0.00000156. The Kier molecular flexibility index (Phi) is 9.21. The minimum absolute atomic E-state index is 0. The van der Waals surface area contributed by atoms with Gasteiger partial charge in [0.2, 0.25) is 5.89 Å². The van der Waals surface area contributed by atoms with E-state index in [1.54, 1.807) is 0 Å². The van der Waals surface area contributed by atoms with Crippen molar-refractivity contribution in [1.82, 2.24) is 15.1 Å². The Morgan fingerprint density at radius 2 is 1.76 bits per heavy atom. The molecule has 1 saturated heterocycles. The maximum atomic E-state index is 6.21. The van der Waals surface area contributed by atoms with Crippen LogP contribution in [0.5, 0.6) is 0 Å². The molecule has 2 aromatic rings. The van der Waals surface area contributed by atoms with Gasteiger partial charge in [0, 0.05) is 26.2 Å². The zero-order valence-corrected chi connectivity index (χ0v) is 16.1. The molecular formula is C17H27Cl2N5O. The maximum absolute atomic E-state index is 6.21. The molecule has 140 valence electrons. The van der Waals surface area contributed by atoms with Crippen molar-refractivity contribution in [2.45, 2.75) is 25.8 Å². The number of benzene rings is 1. The Morgan fingerprint density at radius 3 is 2.40 bits per heavy atom. The van der Waals surface area contributed by atoms with E-state index < -0.39 is 0 Å². The largest absolute Gasteiger partial charge is 0.406 e. The average molecular weight is 388 g/mol. The molecule has 1 atom stereocenters. The van der Waals surface area contributed by atoms with Gasteiger partial charge in [0.15, 0.2) is 0 Å². The van der Waals surface area contributed by atoms with Gasteiger partial charge < -0.3 is 15.1 Å². The number of piperazine rings is 1. The second-order valence-electron chi connectivity index (χ2n) is 5.99. The Hall–Kier alpha value is -1.34. The molecule has 0 radical (unpaired) electrons. The number of aromatic nitrogens is 2. The number of hydrogen-bond acceptors (Lipinski definition) is 6. The van der Waals surface area contributed by atoms with Crippen LogP contribution in [0.1, 0.15) is 37.3 Å². The molecule has 1 aliphatic rings. The van der Waals surface area contributed by atoms with Crippen LogP contribution >= 0.6 is 24.8 Å². The second-order valence-corrected chi connectivity index (χ2v) is 5.99. The summed E-state index contributed by atoms with van der Waals surface area (Å²) in [5, 5.41) is 8.32. The summed E-state index contributed by atoms with van der Waals surface area (Å²) >= 11 is 0. The van der Waals surface area contributed by atoms with E-state index in [9.17, 15) is 0 Å². The quantitative estimate of drug-likeness (QED) is 0.821. The first-order valence-corrected chi connectivity index (χ1v) is 8.39. The van der Waals surface area contributed by atoms with Crippen LogP contribution in [0.4, 0.5) is 6.01 Å². The number of hydrogen-bond donors (Lipinski definition) is 1. The lowest BCUT2D eigenvalue weighted by molar-refractivity contribution is 0.249. The molecule has 3 rings (SSSR count). The van der Waals surface area contributed by atoms with Gasteiger partial charge >= 0.3 is 6.01 Å². The first-order chi connectivity index (χ1) is 11.3. The zero-order chi connectivity index (χ0) is 16.1. The third-order valence-electron chi connectivity index (χ3n) is 4.33. The maximum Gasteiger partial charge on any atom is 0.318 e. The lowest BCUT2D eigenvalue weighted by atomic mass is 10.1. The van der Waals surface area contributed by atoms with Gasteiger partial charge in [-0.1, -0.05) is 48.8 Å². The van der Waals surface area contributed by atoms with E-state index >= 15 is 0 Å². The predicted octanol–water partition coefficient (Wildman–Crippen LogP) is 2.88. The predicted molar refractivity (Wildman–Crippen MR) is 105 cm³/mol. The summed E-state index contributed by atoms with van der Waals surface area (Å²) in [6.07, 6.45) is 2.50. The van der Waals surface area contributed by atoms with Crippen molar-refractivity contribution in [2.75, 3.05) is 37.6 Å². The van der Waals surface area contributed by atoms with Gasteiger partial charge in [-0.15, -0.1) is 29.9 Å². The first kappa shape index (κ1) is 21.7. The summed E-state index contributed by atoms with van der Waals surface area (Å²) in [7, 11) is 0. The molecule has 8 heteroatoms. The van der Waals surface area contributed by atoms with E-state index in [-0.39, 0.29) is 30.9 Å². The minimum Gasteiger partial charge on any atom is -0.406 e. The van der Waals surface area contributed by atoms with Crippen LogP contribution in [0.15, 0.2) is 34.7 Å². The topological polar surface area (TPSA) is 71.4 Å². The molecule has 1 aromatic carbocycles. The summed E-state index contributed by atoms with van der Waals surface area (Å²) < 4.78 is 5.82. The van der Waals surface area contributed by atoms with Gasteiger partial charge in [0.25, 0.3) is 0 Å². The van der Waals surface area contributed by atoms with Crippen molar-refractivity contribution in [3.63, 3.8) is 0 Å². The van der Waals surface area contributed by atoms with Crippen LogP contribution < -0.4 is 10.6 Å². The van der Waals surface area contributed by atoms with E-state index in [1.165, 1.54) is 19.4 Å². The smallest absolute Gasteiger partial charge is 0.318 e. The highest BCUT2D eigenvalue weighted by Crippen LogP contribution is 2.22. The monoisotopic (exact) mass is 387 g/mol. The molecule has 0 amide bonds. The molecule has 1 aromatic heterocycles. The SMILES string of the molecule is CCCCN1CCN(c2nnc([C@H](N)c3ccccc3)o2)CC1.Cl.Cl. The molecule has 25 heavy (non-hydrogen) atoms. The second kappa shape index (κ2) is 10.6. The zero-order valence-electron chi connectivity index (χ0n) is 14.5. The third-order valence-corrected chi connectivity index (χ3v) is 4.33. The molecule has 0 saturated carbocycles. The fourth-order valence-corrected chi connectivity index (χ4v) is 2.83. The van der Waals surface area contributed by atoms with Crippen molar-refractivity contribution >= 4 is 30.8 Å². The highest BCUT2D eigenvalue weighted by Gasteiger charge is 2.23. The summed E-state index contributed by atoms with van der Waals surface area (Å²) in [4.78, 5) is 4.64. The van der Waals surface area contributed by atoms with Gasteiger partial charge in [-0.2, -0.15) is 0 Å². The fourth-order valence-electron chi connectivity index (χ4n) is 2.83. The summed E-state index contributed by atoms with van der Waals surface area (Å²) in [5.74, 6) is 0.472. The Morgan fingerprint density at radius 1 is 1.08 bits per heavy atom. The van der Waals surface area contributed by atoms with Crippen LogP contribution in [0.2, 0.25) is 0 Å². The highest BCUT2D eigenvalue weighted by atomic mass is 35.5. The van der Waals surface area contributed by atoms with Gasteiger partial charge in [0.1, 0.15) is 6.04 Å². The van der Waals surface area contributed by atoms with Gasteiger partial charge in [-0.05, 0) is 18.5 Å². The van der Waals surface area contributed by atoms with Gasteiger partial charge in [-0.3, -0.25) is 4.90 Å².